The lowest BCUT2D eigenvalue weighted by molar-refractivity contribution is -0.137. The van der Waals surface area contributed by atoms with Crippen LogP contribution in [0.25, 0.3) is 0 Å². The molecular formula is C27H32F2N4O4. The quantitative estimate of drug-likeness (QED) is 0.474. The molecule has 1 heterocycles. The fourth-order valence-electron chi connectivity index (χ4n) is 5.02. The molecule has 0 bridgehead atoms. The topological polar surface area (TPSA) is 117 Å². The van der Waals surface area contributed by atoms with E-state index in [-0.39, 0.29) is 31.3 Å². The average molecular weight is 515 g/mol. The van der Waals surface area contributed by atoms with Gasteiger partial charge < -0.3 is 20.9 Å². The van der Waals surface area contributed by atoms with Crippen LogP contribution in [0, 0.1) is 0 Å². The van der Waals surface area contributed by atoms with Crippen molar-refractivity contribution in [2.45, 2.75) is 69.9 Å². The number of hydrogen-bond acceptors (Lipinski definition) is 6. The minimum Gasteiger partial charge on any atom is -0.390 e. The van der Waals surface area contributed by atoms with Gasteiger partial charge in [0.1, 0.15) is 0 Å². The highest BCUT2D eigenvalue weighted by molar-refractivity contribution is 5.99. The number of fused-ring (bicyclic) bond motifs is 1. The van der Waals surface area contributed by atoms with Crippen LogP contribution in [0.2, 0.25) is 0 Å². The molecule has 0 aromatic heterocycles. The van der Waals surface area contributed by atoms with Gasteiger partial charge in [0.25, 0.3) is 5.91 Å². The van der Waals surface area contributed by atoms with Crippen molar-refractivity contribution in [3.63, 3.8) is 0 Å². The minimum absolute atomic E-state index is 0.00295. The van der Waals surface area contributed by atoms with Crippen LogP contribution in [-0.2, 0) is 16.0 Å². The lowest BCUT2D eigenvalue weighted by Crippen LogP contribution is -2.52. The van der Waals surface area contributed by atoms with E-state index in [1.807, 2.05) is 38.1 Å². The zero-order chi connectivity index (χ0) is 26.7. The van der Waals surface area contributed by atoms with E-state index in [1.54, 1.807) is 24.3 Å². The zero-order valence-corrected chi connectivity index (χ0v) is 20.9. The van der Waals surface area contributed by atoms with Gasteiger partial charge in [-0.25, -0.2) is 4.99 Å². The van der Waals surface area contributed by atoms with Crippen molar-refractivity contribution in [1.29, 1.82) is 0 Å². The van der Waals surface area contributed by atoms with Gasteiger partial charge >= 0.3 is 6.61 Å². The van der Waals surface area contributed by atoms with E-state index < -0.39 is 36.2 Å². The van der Waals surface area contributed by atoms with Crippen LogP contribution in [0.3, 0.4) is 0 Å². The number of nitrogens with two attached hydrogens (primary N) is 1. The summed E-state index contributed by atoms with van der Waals surface area (Å²) < 4.78 is 29.9. The summed E-state index contributed by atoms with van der Waals surface area (Å²) in [7, 11) is 0. The Bertz CT molecular complexity index is 1190. The highest BCUT2D eigenvalue weighted by atomic mass is 19.3. The normalized spacial score (nSPS) is 24.1. The molecule has 0 fully saturated rings. The van der Waals surface area contributed by atoms with E-state index in [1.165, 1.54) is 4.90 Å². The van der Waals surface area contributed by atoms with Gasteiger partial charge in [0.05, 0.1) is 36.8 Å². The molecule has 1 aliphatic carbocycles. The molecule has 4 atom stereocenters. The molecule has 1 aliphatic heterocycles. The van der Waals surface area contributed by atoms with Crippen molar-refractivity contribution in [2.24, 2.45) is 10.7 Å². The summed E-state index contributed by atoms with van der Waals surface area (Å²) in [6, 6.07) is 12.8. The predicted molar refractivity (Wildman–Crippen MR) is 134 cm³/mol. The van der Waals surface area contributed by atoms with Crippen molar-refractivity contribution >= 4 is 17.8 Å². The Morgan fingerprint density at radius 1 is 1.30 bits per heavy atom. The first-order valence-electron chi connectivity index (χ1n) is 12.4. The first kappa shape index (κ1) is 26.7. The van der Waals surface area contributed by atoms with E-state index in [9.17, 15) is 23.5 Å². The lowest BCUT2D eigenvalue weighted by Gasteiger charge is -2.39. The maximum Gasteiger partial charge on any atom is 0.345 e. The van der Waals surface area contributed by atoms with Crippen molar-refractivity contribution in [1.82, 2.24) is 10.2 Å². The summed E-state index contributed by atoms with van der Waals surface area (Å²) in [5, 5.41) is 13.4. The number of hydrogen-bond donors (Lipinski definition) is 3. The molecule has 2 aliphatic rings. The third-order valence-electron chi connectivity index (χ3n) is 7.16. The number of halogens is 2. The van der Waals surface area contributed by atoms with Crippen LogP contribution < -0.4 is 11.1 Å². The second-order valence-corrected chi connectivity index (χ2v) is 9.74. The standard InChI is InChI=1S/C27H32F2N4O4/c1-3-27(2)15-22(35)33(26(30)32-27)20(11-12-37-25(28)29)17-8-6-9-18(13-17)24(36)31-23-19-10-5-4-7-16(19)14-21(23)34/h4-10,13,20-21,23,25,34H,3,11-12,14-15H2,1-2H3,(H2,30,32)(H,31,36)/t20?,21?,23-,27+/m1/s1. The van der Waals surface area contributed by atoms with E-state index in [0.717, 1.165) is 11.1 Å². The molecule has 4 rings (SSSR count). The highest BCUT2D eigenvalue weighted by Crippen LogP contribution is 2.34. The fourth-order valence-corrected chi connectivity index (χ4v) is 5.02. The molecule has 4 N–H and O–H groups in total. The second-order valence-electron chi connectivity index (χ2n) is 9.74. The SMILES string of the molecule is CC[C@@]1(C)CC(=O)N(C(CCOC(F)F)c2cccc(C(=O)N[C@@H]3c4ccccc4CC3O)c2)C(N)=N1. The number of rotatable bonds is 9. The predicted octanol–water partition coefficient (Wildman–Crippen LogP) is 3.46. The summed E-state index contributed by atoms with van der Waals surface area (Å²) in [6.45, 7) is 0.469. The van der Waals surface area contributed by atoms with E-state index in [4.69, 9.17) is 5.73 Å². The average Bonchev–Trinajstić information content (AvgIpc) is 3.17. The van der Waals surface area contributed by atoms with Gasteiger partial charge in [-0.2, -0.15) is 8.78 Å². The van der Waals surface area contributed by atoms with E-state index in [0.29, 0.717) is 24.0 Å². The van der Waals surface area contributed by atoms with Crippen molar-refractivity contribution in [3.8, 4) is 0 Å². The Morgan fingerprint density at radius 3 is 2.76 bits per heavy atom. The Hall–Kier alpha value is -3.37. The Balaban J connectivity index is 1.61. The van der Waals surface area contributed by atoms with Gasteiger partial charge in [-0.05, 0) is 48.6 Å². The number of nitrogens with one attached hydrogen (secondary N) is 1. The van der Waals surface area contributed by atoms with Crippen molar-refractivity contribution in [2.75, 3.05) is 6.61 Å². The number of aliphatic hydroxyl groups excluding tert-OH is 1. The number of carbonyl (C=O) groups is 2. The maximum absolute atomic E-state index is 13.2. The molecule has 37 heavy (non-hydrogen) atoms. The van der Waals surface area contributed by atoms with Crippen LogP contribution >= 0.6 is 0 Å². The summed E-state index contributed by atoms with van der Waals surface area (Å²) in [5.74, 6) is -0.682. The molecule has 2 aromatic rings. The zero-order valence-electron chi connectivity index (χ0n) is 20.9. The number of guanidine groups is 1. The lowest BCUT2D eigenvalue weighted by atomic mass is 9.91. The molecule has 8 nitrogen and oxygen atoms in total. The molecular weight excluding hydrogens is 482 g/mol. The molecule has 0 radical (unpaired) electrons. The summed E-state index contributed by atoms with van der Waals surface area (Å²) in [6.07, 6.45) is 0.446. The van der Waals surface area contributed by atoms with E-state index >= 15 is 0 Å². The molecule has 198 valence electrons. The minimum atomic E-state index is -2.95. The van der Waals surface area contributed by atoms with E-state index in [2.05, 4.69) is 15.0 Å². The number of benzene rings is 2. The third-order valence-corrected chi connectivity index (χ3v) is 7.16. The van der Waals surface area contributed by atoms with Crippen LogP contribution in [0.4, 0.5) is 8.78 Å². The second kappa shape index (κ2) is 10.9. The molecule has 0 spiro atoms. The number of nitrogens with zero attached hydrogens (tertiary/aromatic N) is 2. The number of alkyl halides is 2. The van der Waals surface area contributed by atoms with Gasteiger partial charge in [0.2, 0.25) is 5.91 Å². The molecule has 10 heteroatoms. The fraction of sp³-hybridized carbons (Fsp3) is 0.444. The van der Waals surface area contributed by atoms with Crippen LogP contribution in [0.5, 0.6) is 0 Å². The molecule has 0 saturated heterocycles. The number of aliphatic imine (C=N–C) groups is 1. The Labute approximate surface area is 214 Å². The van der Waals surface area contributed by atoms with Crippen molar-refractivity contribution in [3.05, 3.63) is 70.8 Å². The third kappa shape index (κ3) is 5.80. The first-order chi connectivity index (χ1) is 17.6. The first-order valence-corrected chi connectivity index (χ1v) is 12.4. The van der Waals surface area contributed by atoms with Gasteiger partial charge in [0, 0.05) is 12.0 Å². The maximum atomic E-state index is 13.2. The highest BCUT2D eigenvalue weighted by Gasteiger charge is 2.39. The van der Waals surface area contributed by atoms with Crippen molar-refractivity contribution < 1.29 is 28.2 Å². The van der Waals surface area contributed by atoms with Gasteiger partial charge in [0.15, 0.2) is 5.96 Å². The van der Waals surface area contributed by atoms with Gasteiger partial charge in [-0.15, -0.1) is 0 Å². The summed E-state index contributed by atoms with van der Waals surface area (Å²) >= 11 is 0. The smallest absolute Gasteiger partial charge is 0.345 e. The van der Waals surface area contributed by atoms with Crippen LogP contribution in [0.1, 0.15) is 72.2 Å². The molecule has 2 unspecified atom stereocenters. The summed E-state index contributed by atoms with van der Waals surface area (Å²) in [4.78, 5) is 32.2. The van der Waals surface area contributed by atoms with Crippen LogP contribution in [0.15, 0.2) is 53.5 Å². The van der Waals surface area contributed by atoms with Gasteiger partial charge in [-0.1, -0.05) is 43.3 Å². The number of aliphatic hydroxyl groups is 1. The Morgan fingerprint density at radius 2 is 2.05 bits per heavy atom. The van der Waals surface area contributed by atoms with Gasteiger partial charge in [-0.3, -0.25) is 14.5 Å². The number of ether oxygens (including phenoxy) is 1. The van der Waals surface area contributed by atoms with Crippen LogP contribution in [-0.4, -0.2) is 52.6 Å². The molecule has 0 saturated carbocycles. The molecule has 2 aromatic carbocycles. The number of carbonyl (C=O) groups excluding carboxylic acids is 2. The summed E-state index contributed by atoms with van der Waals surface area (Å²) in [5.41, 5.74) is 8.25. The number of amides is 2. The molecule has 2 amide bonds. The largest absolute Gasteiger partial charge is 0.390 e. The Kier molecular flexibility index (Phi) is 7.89. The monoisotopic (exact) mass is 514 g/mol.